The van der Waals surface area contributed by atoms with Gasteiger partial charge in [-0.25, -0.2) is 16.8 Å². The lowest BCUT2D eigenvalue weighted by atomic mass is 9.97. The Kier molecular flexibility index (Phi) is 6.44. The Labute approximate surface area is 144 Å². The molecule has 0 saturated carbocycles. The Morgan fingerprint density at radius 2 is 2.12 bits per heavy atom. The van der Waals surface area contributed by atoms with E-state index in [0.717, 1.165) is 25.5 Å². The van der Waals surface area contributed by atoms with E-state index in [-0.39, 0.29) is 24.6 Å². The number of carbonyl (C=O) groups is 1. The van der Waals surface area contributed by atoms with E-state index in [1.807, 2.05) is 0 Å². The summed E-state index contributed by atoms with van der Waals surface area (Å²) in [6.07, 6.45) is 8.60. The number of carbonyl (C=O) groups excluding carboxylic acids is 1. The first-order chi connectivity index (χ1) is 11.2. The van der Waals surface area contributed by atoms with E-state index in [4.69, 9.17) is 0 Å². The van der Waals surface area contributed by atoms with Gasteiger partial charge in [-0.1, -0.05) is 11.6 Å². The third kappa shape index (κ3) is 6.18. The summed E-state index contributed by atoms with van der Waals surface area (Å²) in [5, 5.41) is 2.64. The van der Waals surface area contributed by atoms with Crippen LogP contribution in [0.15, 0.2) is 11.6 Å². The average molecular weight is 379 g/mol. The Balaban J connectivity index is 1.88. The summed E-state index contributed by atoms with van der Waals surface area (Å²) in [4.78, 5) is 12.1. The fraction of sp³-hybridized carbons (Fsp3) is 0.800. The summed E-state index contributed by atoms with van der Waals surface area (Å²) in [5.74, 6) is -0.438. The molecule has 1 fully saturated rings. The first kappa shape index (κ1) is 19.4. The molecule has 0 aromatic rings. The second-order valence-electron chi connectivity index (χ2n) is 6.62. The van der Waals surface area contributed by atoms with Gasteiger partial charge in [0.15, 0.2) is 9.84 Å². The zero-order valence-electron chi connectivity index (χ0n) is 14.0. The lowest BCUT2D eigenvalue weighted by Crippen LogP contribution is -2.44. The van der Waals surface area contributed by atoms with Crippen molar-refractivity contribution in [3.05, 3.63) is 11.6 Å². The molecule has 1 atom stereocenters. The van der Waals surface area contributed by atoms with Crippen LogP contribution < -0.4 is 5.32 Å². The number of allylic oxidation sites excluding steroid dienone is 1. The quantitative estimate of drug-likeness (QED) is 0.648. The molecule has 1 amide bonds. The highest BCUT2D eigenvalue weighted by Gasteiger charge is 2.30. The number of nitrogens with one attached hydrogen (secondary N) is 1. The van der Waals surface area contributed by atoms with Crippen LogP contribution in [0.1, 0.15) is 38.5 Å². The number of amides is 1. The third-order valence-electron chi connectivity index (χ3n) is 4.45. The second kappa shape index (κ2) is 7.97. The highest BCUT2D eigenvalue weighted by atomic mass is 32.2. The van der Waals surface area contributed by atoms with Gasteiger partial charge < -0.3 is 5.32 Å². The van der Waals surface area contributed by atoms with Crippen molar-refractivity contribution < 1.29 is 21.6 Å². The van der Waals surface area contributed by atoms with Crippen LogP contribution in [-0.2, 0) is 24.7 Å². The van der Waals surface area contributed by atoms with E-state index in [1.54, 1.807) is 0 Å². The van der Waals surface area contributed by atoms with Gasteiger partial charge in [0.1, 0.15) is 0 Å². The molecule has 1 saturated heterocycles. The fourth-order valence-corrected chi connectivity index (χ4v) is 5.55. The molecule has 0 bridgehead atoms. The zero-order chi connectivity index (χ0) is 17.8. The van der Waals surface area contributed by atoms with Crippen LogP contribution in [0.2, 0.25) is 0 Å². The highest BCUT2D eigenvalue weighted by molar-refractivity contribution is 7.91. The summed E-state index contributed by atoms with van der Waals surface area (Å²) in [6, 6.07) is -0.412. The van der Waals surface area contributed by atoms with Gasteiger partial charge in [-0.3, -0.25) is 4.79 Å². The number of rotatable bonds is 7. The van der Waals surface area contributed by atoms with E-state index >= 15 is 0 Å². The van der Waals surface area contributed by atoms with Crippen LogP contribution in [0.5, 0.6) is 0 Å². The van der Waals surface area contributed by atoms with Crippen LogP contribution >= 0.6 is 0 Å². The number of hydrogen-bond acceptors (Lipinski definition) is 5. The number of nitrogens with zero attached hydrogens (tertiary/aromatic N) is 1. The largest absolute Gasteiger partial charge is 0.351 e. The van der Waals surface area contributed by atoms with Crippen LogP contribution in [-0.4, -0.2) is 63.9 Å². The lowest BCUT2D eigenvalue weighted by Gasteiger charge is -2.22. The topological polar surface area (TPSA) is 101 Å². The van der Waals surface area contributed by atoms with Crippen LogP contribution in [0.4, 0.5) is 0 Å². The van der Waals surface area contributed by atoms with Crippen molar-refractivity contribution in [2.75, 3.05) is 30.9 Å². The average Bonchev–Trinajstić information content (AvgIpc) is 2.82. The van der Waals surface area contributed by atoms with E-state index in [2.05, 4.69) is 11.4 Å². The SMILES string of the molecule is CS(=O)(=O)N(CCC1=CCCCC1)CC(=O)NC1CCS(=O)(=O)C1. The molecule has 1 heterocycles. The monoisotopic (exact) mass is 378 g/mol. The van der Waals surface area contributed by atoms with Gasteiger partial charge >= 0.3 is 0 Å². The van der Waals surface area contributed by atoms with Gasteiger partial charge in [0.2, 0.25) is 15.9 Å². The molecular weight excluding hydrogens is 352 g/mol. The normalized spacial score (nSPS) is 23.9. The Morgan fingerprint density at radius 3 is 2.67 bits per heavy atom. The maximum absolute atomic E-state index is 12.1. The minimum Gasteiger partial charge on any atom is -0.351 e. The van der Waals surface area contributed by atoms with Gasteiger partial charge in [0.05, 0.1) is 24.3 Å². The van der Waals surface area contributed by atoms with Gasteiger partial charge in [-0.2, -0.15) is 4.31 Å². The van der Waals surface area contributed by atoms with E-state index in [9.17, 15) is 21.6 Å². The Bertz CT molecular complexity index is 697. The van der Waals surface area contributed by atoms with Crippen molar-refractivity contribution in [3.8, 4) is 0 Å². The summed E-state index contributed by atoms with van der Waals surface area (Å²) in [7, 11) is -6.57. The molecule has 1 unspecified atom stereocenters. The maximum Gasteiger partial charge on any atom is 0.235 e. The minimum atomic E-state index is -3.49. The molecule has 0 aromatic carbocycles. The molecule has 1 N–H and O–H groups in total. The van der Waals surface area contributed by atoms with Gasteiger partial charge in [-0.15, -0.1) is 0 Å². The minimum absolute atomic E-state index is 0.0650. The predicted octanol–water partition coefficient (Wildman–Crippen LogP) is 0.442. The predicted molar refractivity (Wildman–Crippen MR) is 92.8 cm³/mol. The van der Waals surface area contributed by atoms with E-state index in [1.165, 1.54) is 16.3 Å². The van der Waals surface area contributed by atoms with Crippen molar-refractivity contribution >= 4 is 25.8 Å². The first-order valence-corrected chi connectivity index (χ1v) is 12.0. The molecule has 24 heavy (non-hydrogen) atoms. The van der Waals surface area contributed by atoms with Gasteiger partial charge in [0, 0.05) is 12.6 Å². The molecule has 9 heteroatoms. The second-order valence-corrected chi connectivity index (χ2v) is 10.8. The fourth-order valence-electron chi connectivity index (χ4n) is 3.10. The van der Waals surface area contributed by atoms with Crippen molar-refractivity contribution in [3.63, 3.8) is 0 Å². The molecular formula is C15H26N2O5S2. The molecule has 2 rings (SSSR count). The molecule has 0 aromatic heterocycles. The van der Waals surface area contributed by atoms with Crippen molar-refractivity contribution in [2.45, 2.75) is 44.6 Å². The third-order valence-corrected chi connectivity index (χ3v) is 7.47. The summed E-state index contributed by atoms with van der Waals surface area (Å²) in [5.41, 5.74) is 1.25. The van der Waals surface area contributed by atoms with Crippen molar-refractivity contribution in [1.29, 1.82) is 0 Å². The van der Waals surface area contributed by atoms with Crippen LogP contribution in [0.25, 0.3) is 0 Å². The summed E-state index contributed by atoms with van der Waals surface area (Å²) in [6.45, 7) is 0.0176. The molecule has 0 radical (unpaired) electrons. The highest BCUT2D eigenvalue weighted by Crippen LogP contribution is 2.20. The Morgan fingerprint density at radius 1 is 1.38 bits per heavy atom. The number of hydrogen-bond donors (Lipinski definition) is 1. The van der Waals surface area contributed by atoms with E-state index < -0.39 is 31.8 Å². The maximum atomic E-state index is 12.1. The molecule has 2 aliphatic rings. The molecule has 0 spiro atoms. The molecule has 1 aliphatic heterocycles. The first-order valence-electron chi connectivity index (χ1n) is 8.28. The summed E-state index contributed by atoms with van der Waals surface area (Å²) < 4.78 is 47.8. The molecule has 138 valence electrons. The van der Waals surface area contributed by atoms with Gasteiger partial charge in [-0.05, 0) is 38.5 Å². The molecule has 7 nitrogen and oxygen atoms in total. The zero-order valence-corrected chi connectivity index (χ0v) is 15.7. The lowest BCUT2D eigenvalue weighted by molar-refractivity contribution is -0.121. The van der Waals surface area contributed by atoms with Crippen LogP contribution in [0.3, 0.4) is 0 Å². The van der Waals surface area contributed by atoms with Gasteiger partial charge in [0.25, 0.3) is 0 Å². The van der Waals surface area contributed by atoms with Crippen molar-refractivity contribution in [1.82, 2.24) is 9.62 Å². The van der Waals surface area contributed by atoms with Crippen molar-refractivity contribution in [2.24, 2.45) is 0 Å². The number of sulfone groups is 1. The molecule has 1 aliphatic carbocycles. The standard InChI is InChI=1S/C15H26N2O5S2/c1-23(19,20)17(9-7-13-5-3-2-4-6-13)11-15(18)16-14-8-10-24(21,22)12-14/h5,14H,2-4,6-12H2,1H3,(H,16,18). The van der Waals surface area contributed by atoms with E-state index in [0.29, 0.717) is 12.8 Å². The summed E-state index contributed by atoms with van der Waals surface area (Å²) >= 11 is 0. The van der Waals surface area contributed by atoms with Crippen LogP contribution in [0, 0.1) is 0 Å². The smallest absolute Gasteiger partial charge is 0.235 e. The Hall–Kier alpha value is -0.930. The number of sulfonamides is 1.